The molecule has 6 heteroatoms. The van der Waals surface area contributed by atoms with Gasteiger partial charge in [0.25, 0.3) is 5.91 Å². The zero-order valence-electron chi connectivity index (χ0n) is 15.4. The summed E-state index contributed by atoms with van der Waals surface area (Å²) in [5.74, 6) is 0.773. The predicted molar refractivity (Wildman–Crippen MR) is 108 cm³/mol. The summed E-state index contributed by atoms with van der Waals surface area (Å²) in [6.07, 6.45) is 0. The maximum Gasteiger partial charge on any atom is 0.275 e. The van der Waals surface area contributed by atoms with Crippen molar-refractivity contribution in [1.82, 2.24) is 10.3 Å². The molecule has 138 valence electrons. The summed E-state index contributed by atoms with van der Waals surface area (Å²) < 4.78 is 7.02. The molecule has 0 bridgehead atoms. The number of quaternary nitrogens is 1. The Labute approximate surface area is 161 Å². The fourth-order valence-electron chi connectivity index (χ4n) is 3.17. The van der Waals surface area contributed by atoms with Crippen molar-refractivity contribution < 1.29 is 14.1 Å². The minimum Gasteiger partial charge on any atom is -0.459 e. The van der Waals surface area contributed by atoms with Crippen LogP contribution >= 0.6 is 11.3 Å². The van der Waals surface area contributed by atoms with Crippen molar-refractivity contribution in [3.63, 3.8) is 0 Å². The highest BCUT2D eigenvalue weighted by atomic mass is 32.1. The van der Waals surface area contributed by atoms with Crippen LogP contribution in [0.1, 0.15) is 23.7 Å². The van der Waals surface area contributed by atoms with E-state index in [1.165, 1.54) is 4.70 Å². The Morgan fingerprint density at radius 3 is 2.81 bits per heavy atom. The van der Waals surface area contributed by atoms with Gasteiger partial charge >= 0.3 is 0 Å². The lowest BCUT2D eigenvalue weighted by Gasteiger charge is -2.15. The number of nitrogens with zero attached hydrogens (tertiary/aromatic N) is 1. The normalized spacial score (nSPS) is 13.7. The monoisotopic (exact) mass is 380 g/mol. The van der Waals surface area contributed by atoms with E-state index in [1.807, 2.05) is 62.5 Å². The lowest BCUT2D eigenvalue weighted by molar-refractivity contribution is -0.885. The Hall–Kier alpha value is -2.70. The number of likely N-dealkylation sites (N-methyl/N-ethyl adjacent to an activating group) is 1. The van der Waals surface area contributed by atoms with Gasteiger partial charge in [-0.15, -0.1) is 11.3 Å². The van der Waals surface area contributed by atoms with E-state index < -0.39 is 0 Å². The summed E-state index contributed by atoms with van der Waals surface area (Å²) in [5, 5.41) is 5.13. The third-order valence-corrected chi connectivity index (χ3v) is 5.54. The molecule has 2 aromatic heterocycles. The summed E-state index contributed by atoms with van der Waals surface area (Å²) in [4.78, 5) is 18.2. The van der Waals surface area contributed by atoms with Crippen LogP contribution in [0.15, 0.2) is 59.0 Å². The number of thiazole rings is 1. The standard InChI is InChI=1S/C21H21N3O2S/c1-14(18-11-15-7-3-5-9-17(15)26-18)22-20(25)12-24(2)13-21-23-16-8-4-6-10-19(16)27-21/h3-11,14H,12-13H2,1-2H3,(H,22,25)/p+1/t14-/m1/s1. The molecule has 4 aromatic rings. The number of rotatable bonds is 6. The quantitative estimate of drug-likeness (QED) is 0.541. The van der Waals surface area contributed by atoms with Crippen molar-refractivity contribution in [2.24, 2.45) is 0 Å². The van der Waals surface area contributed by atoms with Gasteiger partial charge in [0.1, 0.15) is 22.9 Å². The number of para-hydroxylation sites is 2. The number of aromatic nitrogens is 1. The third-order valence-electron chi connectivity index (χ3n) is 4.50. The molecule has 0 aliphatic carbocycles. The van der Waals surface area contributed by atoms with Crippen molar-refractivity contribution in [2.75, 3.05) is 13.6 Å². The topological polar surface area (TPSA) is 59.6 Å². The van der Waals surface area contributed by atoms with E-state index in [-0.39, 0.29) is 11.9 Å². The highest BCUT2D eigenvalue weighted by Crippen LogP contribution is 2.23. The van der Waals surface area contributed by atoms with Gasteiger partial charge in [0, 0.05) is 5.39 Å². The zero-order valence-corrected chi connectivity index (χ0v) is 16.2. The number of hydrogen-bond donors (Lipinski definition) is 2. The van der Waals surface area contributed by atoms with Gasteiger partial charge in [-0.05, 0) is 31.2 Å². The first-order chi connectivity index (χ1) is 13.1. The zero-order chi connectivity index (χ0) is 18.8. The Morgan fingerprint density at radius 1 is 1.22 bits per heavy atom. The van der Waals surface area contributed by atoms with E-state index in [4.69, 9.17) is 4.42 Å². The van der Waals surface area contributed by atoms with Gasteiger partial charge in [0.2, 0.25) is 0 Å². The number of carbonyl (C=O) groups is 1. The van der Waals surface area contributed by atoms with Crippen LogP contribution < -0.4 is 10.2 Å². The van der Waals surface area contributed by atoms with E-state index in [2.05, 4.69) is 16.4 Å². The number of benzene rings is 2. The average Bonchev–Trinajstić information content (AvgIpc) is 3.24. The van der Waals surface area contributed by atoms with Crippen molar-refractivity contribution in [3.8, 4) is 0 Å². The Morgan fingerprint density at radius 2 is 2.00 bits per heavy atom. The molecule has 2 heterocycles. The second kappa shape index (κ2) is 7.50. The van der Waals surface area contributed by atoms with Gasteiger partial charge in [0.05, 0.1) is 23.3 Å². The fraction of sp³-hybridized carbons (Fsp3) is 0.238. The Balaban J connectivity index is 1.35. The summed E-state index contributed by atoms with van der Waals surface area (Å²) in [6.45, 7) is 3.06. The van der Waals surface area contributed by atoms with Crippen LogP contribution in [0.25, 0.3) is 21.2 Å². The number of carbonyl (C=O) groups excluding carboxylic acids is 1. The molecular formula is C21H22N3O2S+. The van der Waals surface area contributed by atoms with E-state index in [1.54, 1.807) is 11.3 Å². The van der Waals surface area contributed by atoms with Gasteiger partial charge in [0.15, 0.2) is 6.54 Å². The van der Waals surface area contributed by atoms with Gasteiger partial charge in [-0.3, -0.25) is 4.79 Å². The van der Waals surface area contributed by atoms with Gasteiger partial charge in [-0.2, -0.15) is 0 Å². The van der Waals surface area contributed by atoms with Crippen LogP contribution in [0.2, 0.25) is 0 Å². The van der Waals surface area contributed by atoms with Crippen molar-refractivity contribution in [3.05, 3.63) is 65.4 Å². The highest BCUT2D eigenvalue weighted by Gasteiger charge is 2.18. The molecule has 1 amide bonds. The van der Waals surface area contributed by atoms with Crippen molar-refractivity contribution in [2.45, 2.75) is 19.5 Å². The van der Waals surface area contributed by atoms with E-state index in [0.29, 0.717) is 6.54 Å². The van der Waals surface area contributed by atoms with Gasteiger partial charge in [-0.25, -0.2) is 4.98 Å². The smallest absolute Gasteiger partial charge is 0.275 e. The van der Waals surface area contributed by atoms with Crippen LogP contribution in [0, 0.1) is 0 Å². The molecule has 2 atom stereocenters. The first-order valence-corrected chi connectivity index (χ1v) is 9.84. The third kappa shape index (κ3) is 4.02. The maximum atomic E-state index is 12.4. The molecule has 0 aliphatic heterocycles. The SMILES string of the molecule is C[C@@H](NC(=O)C[NH+](C)Cc1nc2ccccc2s1)c1cc2ccccc2o1. The van der Waals surface area contributed by atoms with Crippen LogP contribution in [0.4, 0.5) is 0 Å². The number of fused-ring (bicyclic) bond motifs is 2. The van der Waals surface area contributed by atoms with Gasteiger partial charge < -0.3 is 14.6 Å². The van der Waals surface area contributed by atoms with Crippen molar-refractivity contribution >= 4 is 38.4 Å². The van der Waals surface area contributed by atoms with Gasteiger partial charge in [-0.1, -0.05) is 30.3 Å². The molecule has 1 unspecified atom stereocenters. The van der Waals surface area contributed by atoms with Crippen LogP contribution in [-0.2, 0) is 11.3 Å². The second-order valence-corrected chi connectivity index (χ2v) is 7.98. The van der Waals surface area contributed by atoms with Crippen LogP contribution in [0.5, 0.6) is 0 Å². The molecule has 27 heavy (non-hydrogen) atoms. The molecule has 0 radical (unpaired) electrons. The predicted octanol–water partition coefficient (Wildman–Crippen LogP) is 2.93. The minimum absolute atomic E-state index is 0.00145. The molecule has 4 rings (SSSR count). The molecule has 0 fully saturated rings. The van der Waals surface area contributed by atoms with Crippen LogP contribution in [-0.4, -0.2) is 24.5 Å². The molecule has 0 spiro atoms. The maximum absolute atomic E-state index is 12.4. The molecule has 2 N–H and O–H groups in total. The van der Waals surface area contributed by atoms with E-state index >= 15 is 0 Å². The molecule has 2 aromatic carbocycles. The Bertz CT molecular complexity index is 1020. The van der Waals surface area contributed by atoms with E-state index in [0.717, 1.165) is 38.7 Å². The number of amides is 1. The van der Waals surface area contributed by atoms with E-state index in [9.17, 15) is 4.79 Å². The minimum atomic E-state index is -0.167. The number of furan rings is 1. The Kier molecular flexibility index (Phi) is 4.92. The summed E-state index contributed by atoms with van der Waals surface area (Å²) in [6, 6.07) is 17.8. The lowest BCUT2D eigenvalue weighted by atomic mass is 10.2. The lowest BCUT2D eigenvalue weighted by Crippen LogP contribution is -3.08. The first kappa shape index (κ1) is 17.7. The molecular weight excluding hydrogens is 358 g/mol. The second-order valence-electron chi connectivity index (χ2n) is 6.86. The fourth-order valence-corrected chi connectivity index (χ4v) is 4.25. The summed E-state index contributed by atoms with van der Waals surface area (Å²) in [5.41, 5.74) is 1.86. The average molecular weight is 380 g/mol. The molecule has 0 saturated carbocycles. The first-order valence-electron chi connectivity index (χ1n) is 9.02. The summed E-state index contributed by atoms with van der Waals surface area (Å²) >= 11 is 1.69. The number of nitrogens with one attached hydrogen (secondary N) is 2. The molecule has 0 saturated heterocycles. The number of hydrogen-bond acceptors (Lipinski definition) is 4. The molecule has 0 aliphatic rings. The largest absolute Gasteiger partial charge is 0.459 e. The highest BCUT2D eigenvalue weighted by molar-refractivity contribution is 7.18. The molecule has 5 nitrogen and oxygen atoms in total. The van der Waals surface area contributed by atoms with Crippen molar-refractivity contribution in [1.29, 1.82) is 0 Å². The summed E-state index contributed by atoms with van der Waals surface area (Å²) in [7, 11) is 2.01. The van der Waals surface area contributed by atoms with Crippen LogP contribution in [0.3, 0.4) is 0 Å².